The number of hydrogen-bond acceptors (Lipinski definition) is 3. The minimum absolute atomic E-state index is 0.229. The second-order valence-corrected chi connectivity index (χ2v) is 6.45. The summed E-state index contributed by atoms with van der Waals surface area (Å²) in [5.41, 5.74) is 5.02. The first-order chi connectivity index (χ1) is 9.44. The van der Waals surface area contributed by atoms with Crippen LogP contribution in [-0.2, 0) is 4.79 Å². The van der Waals surface area contributed by atoms with Gasteiger partial charge in [-0.3, -0.25) is 9.69 Å². The van der Waals surface area contributed by atoms with Crippen LogP contribution in [0.4, 0.5) is 0 Å². The normalized spacial score (nSPS) is 26.6. The first-order valence-corrected chi connectivity index (χ1v) is 8.25. The van der Waals surface area contributed by atoms with E-state index in [4.69, 9.17) is 5.73 Å². The van der Waals surface area contributed by atoms with Crippen LogP contribution in [0.1, 0.15) is 66.2 Å². The van der Waals surface area contributed by atoms with Crippen LogP contribution in [0.25, 0.3) is 0 Å². The molecule has 1 fully saturated rings. The summed E-state index contributed by atoms with van der Waals surface area (Å²) in [6.07, 6.45) is 6.72. The molecule has 0 saturated carbocycles. The Balaban J connectivity index is 2.45. The van der Waals surface area contributed by atoms with Crippen LogP contribution < -0.4 is 11.1 Å². The van der Waals surface area contributed by atoms with E-state index >= 15 is 0 Å². The van der Waals surface area contributed by atoms with Crippen LogP contribution in [0.5, 0.6) is 0 Å². The van der Waals surface area contributed by atoms with E-state index in [1.807, 2.05) is 6.92 Å². The Morgan fingerprint density at radius 2 is 2.10 bits per heavy atom. The van der Waals surface area contributed by atoms with Crippen molar-refractivity contribution in [3.05, 3.63) is 0 Å². The molecule has 3 atom stereocenters. The summed E-state index contributed by atoms with van der Waals surface area (Å²) in [6, 6.07) is 1.41. The van der Waals surface area contributed by atoms with E-state index in [-0.39, 0.29) is 5.91 Å². The van der Waals surface area contributed by atoms with Gasteiger partial charge in [0.15, 0.2) is 0 Å². The molecule has 118 valence electrons. The topological polar surface area (TPSA) is 58.4 Å². The fourth-order valence-corrected chi connectivity index (χ4v) is 3.28. The molecule has 0 bridgehead atoms. The molecule has 1 heterocycles. The summed E-state index contributed by atoms with van der Waals surface area (Å²) in [5.74, 6) is -0.229. The zero-order chi connectivity index (χ0) is 15.2. The highest BCUT2D eigenvalue weighted by Crippen LogP contribution is 2.26. The molecule has 3 N–H and O–H groups in total. The minimum Gasteiger partial charge on any atom is -0.368 e. The number of likely N-dealkylation sites (tertiary alicyclic amines) is 1. The van der Waals surface area contributed by atoms with Crippen molar-refractivity contribution in [2.45, 2.75) is 83.8 Å². The molecule has 4 nitrogen and oxygen atoms in total. The van der Waals surface area contributed by atoms with Gasteiger partial charge in [0.25, 0.3) is 0 Å². The highest BCUT2D eigenvalue weighted by molar-refractivity contribution is 5.84. The average Bonchev–Trinajstić information content (AvgIpc) is 2.77. The number of nitrogens with two attached hydrogens (primary N) is 1. The van der Waals surface area contributed by atoms with Crippen LogP contribution in [0.15, 0.2) is 0 Å². The SMILES string of the molecule is CCCNC(C)(CCCN1C(C)CCC1CC)C(N)=O. The summed E-state index contributed by atoms with van der Waals surface area (Å²) in [6.45, 7) is 10.6. The molecule has 1 aliphatic heterocycles. The summed E-state index contributed by atoms with van der Waals surface area (Å²) in [4.78, 5) is 14.3. The van der Waals surface area contributed by atoms with Gasteiger partial charge in [-0.15, -0.1) is 0 Å². The highest BCUT2D eigenvalue weighted by atomic mass is 16.1. The maximum atomic E-state index is 11.7. The second-order valence-electron chi connectivity index (χ2n) is 6.45. The van der Waals surface area contributed by atoms with Crippen LogP contribution in [0, 0.1) is 0 Å². The van der Waals surface area contributed by atoms with E-state index in [2.05, 4.69) is 31.0 Å². The molecule has 1 aliphatic rings. The van der Waals surface area contributed by atoms with Gasteiger partial charge in [-0.1, -0.05) is 13.8 Å². The third-order valence-corrected chi connectivity index (χ3v) is 4.83. The van der Waals surface area contributed by atoms with Crippen molar-refractivity contribution in [3.8, 4) is 0 Å². The van der Waals surface area contributed by atoms with Gasteiger partial charge in [0.1, 0.15) is 0 Å². The molecule has 0 spiro atoms. The van der Waals surface area contributed by atoms with Gasteiger partial charge in [-0.2, -0.15) is 0 Å². The predicted octanol–water partition coefficient (Wildman–Crippen LogP) is 2.27. The van der Waals surface area contributed by atoms with Gasteiger partial charge < -0.3 is 11.1 Å². The number of carbonyl (C=O) groups is 1. The Hall–Kier alpha value is -0.610. The zero-order valence-corrected chi connectivity index (χ0v) is 13.7. The van der Waals surface area contributed by atoms with Crippen LogP contribution in [0.3, 0.4) is 0 Å². The van der Waals surface area contributed by atoms with Crippen molar-refractivity contribution < 1.29 is 4.79 Å². The fraction of sp³-hybridized carbons (Fsp3) is 0.938. The maximum Gasteiger partial charge on any atom is 0.237 e. The maximum absolute atomic E-state index is 11.7. The number of nitrogens with one attached hydrogen (secondary N) is 1. The smallest absolute Gasteiger partial charge is 0.237 e. The molecule has 1 rings (SSSR count). The van der Waals surface area contributed by atoms with E-state index in [1.54, 1.807) is 0 Å². The number of carbonyl (C=O) groups excluding carboxylic acids is 1. The standard InChI is InChI=1S/C16H33N3O/c1-5-11-18-16(4,15(17)20)10-7-12-19-13(3)8-9-14(19)6-2/h13-14,18H,5-12H2,1-4H3,(H2,17,20). The molecule has 0 aromatic rings. The molecule has 0 aromatic heterocycles. The first kappa shape index (κ1) is 17.4. The van der Waals surface area contributed by atoms with Gasteiger partial charge in [0, 0.05) is 12.1 Å². The number of nitrogens with zero attached hydrogens (tertiary/aromatic N) is 1. The van der Waals surface area contributed by atoms with Crippen molar-refractivity contribution in [3.63, 3.8) is 0 Å². The van der Waals surface area contributed by atoms with E-state index in [0.29, 0.717) is 6.04 Å². The molecule has 4 heteroatoms. The number of hydrogen-bond donors (Lipinski definition) is 2. The molecular weight excluding hydrogens is 250 g/mol. The molecule has 3 unspecified atom stereocenters. The van der Waals surface area contributed by atoms with Crippen LogP contribution in [-0.4, -0.2) is 41.5 Å². The summed E-state index contributed by atoms with van der Waals surface area (Å²) < 4.78 is 0. The molecule has 0 radical (unpaired) electrons. The van der Waals surface area contributed by atoms with Gasteiger partial charge in [0.2, 0.25) is 5.91 Å². The van der Waals surface area contributed by atoms with Crippen molar-refractivity contribution in [2.75, 3.05) is 13.1 Å². The third-order valence-electron chi connectivity index (χ3n) is 4.83. The van der Waals surface area contributed by atoms with Crippen LogP contribution in [0.2, 0.25) is 0 Å². The molecule has 1 amide bonds. The molecule has 0 aromatic carbocycles. The monoisotopic (exact) mass is 283 g/mol. The van der Waals surface area contributed by atoms with E-state index in [0.717, 1.165) is 38.4 Å². The third kappa shape index (κ3) is 4.45. The van der Waals surface area contributed by atoms with Gasteiger partial charge >= 0.3 is 0 Å². The van der Waals surface area contributed by atoms with Crippen molar-refractivity contribution in [2.24, 2.45) is 5.73 Å². The van der Waals surface area contributed by atoms with Crippen molar-refractivity contribution in [1.82, 2.24) is 10.2 Å². The van der Waals surface area contributed by atoms with Crippen molar-refractivity contribution >= 4 is 5.91 Å². The van der Waals surface area contributed by atoms with E-state index in [1.165, 1.54) is 19.3 Å². The quantitative estimate of drug-likeness (QED) is 0.682. The van der Waals surface area contributed by atoms with Crippen molar-refractivity contribution in [1.29, 1.82) is 0 Å². The zero-order valence-electron chi connectivity index (χ0n) is 13.7. The molecule has 20 heavy (non-hydrogen) atoms. The lowest BCUT2D eigenvalue weighted by Gasteiger charge is -2.31. The van der Waals surface area contributed by atoms with Gasteiger partial charge in [-0.05, 0) is 65.5 Å². The number of amides is 1. The summed E-state index contributed by atoms with van der Waals surface area (Å²) >= 11 is 0. The Kier molecular flexibility index (Phi) is 6.96. The largest absolute Gasteiger partial charge is 0.368 e. The van der Waals surface area contributed by atoms with Gasteiger partial charge in [-0.25, -0.2) is 0 Å². The predicted molar refractivity (Wildman–Crippen MR) is 84.6 cm³/mol. The lowest BCUT2D eigenvalue weighted by atomic mass is 9.94. The second kappa shape index (κ2) is 7.99. The lowest BCUT2D eigenvalue weighted by molar-refractivity contribution is -0.124. The lowest BCUT2D eigenvalue weighted by Crippen LogP contribution is -2.53. The van der Waals surface area contributed by atoms with Crippen LogP contribution >= 0.6 is 0 Å². The Morgan fingerprint density at radius 3 is 2.65 bits per heavy atom. The summed E-state index contributed by atoms with van der Waals surface area (Å²) in [5, 5.41) is 3.31. The van der Waals surface area contributed by atoms with Gasteiger partial charge in [0.05, 0.1) is 5.54 Å². The Bertz CT molecular complexity index is 308. The number of rotatable bonds is 9. The molecule has 1 saturated heterocycles. The highest BCUT2D eigenvalue weighted by Gasteiger charge is 2.32. The Morgan fingerprint density at radius 1 is 1.40 bits per heavy atom. The number of primary amides is 1. The molecular formula is C16H33N3O. The minimum atomic E-state index is -0.555. The average molecular weight is 283 g/mol. The fourth-order valence-electron chi connectivity index (χ4n) is 3.28. The van der Waals surface area contributed by atoms with E-state index in [9.17, 15) is 4.79 Å². The van der Waals surface area contributed by atoms with E-state index < -0.39 is 5.54 Å². The summed E-state index contributed by atoms with van der Waals surface area (Å²) in [7, 11) is 0. The Labute approximate surface area is 124 Å². The first-order valence-electron chi connectivity index (χ1n) is 8.25. The molecule has 0 aliphatic carbocycles.